The minimum Gasteiger partial charge on any atom is -0.424 e. The molecule has 0 amide bonds. The van der Waals surface area contributed by atoms with E-state index >= 15 is 0 Å². The lowest BCUT2D eigenvalue weighted by atomic mass is 9.85. The molecular weight excluding hydrogens is 292 g/mol. The van der Waals surface area contributed by atoms with Crippen LogP contribution in [0, 0.1) is 0 Å². The zero-order valence-electron chi connectivity index (χ0n) is 13.9. The molecule has 0 radical (unpaired) electrons. The van der Waals surface area contributed by atoms with Crippen LogP contribution in [0.2, 0.25) is 0 Å². The summed E-state index contributed by atoms with van der Waals surface area (Å²) < 4.78 is 5.89. The molecule has 2 atom stereocenters. The van der Waals surface area contributed by atoms with E-state index in [2.05, 4.69) is 20.0 Å². The van der Waals surface area contributed by atoms with Crippen molar-refractivity contribution in [2.24, 2.45) is 0 Å². The lowest BCUT2D eigenvalue weighted by Crippen LogP contribution is -2.43. The first-order valence-electron chi connectivity index (χ1n) is 9.24. The van der Waals surface area contributed by atoms with Gasteiger partial charge in [0, 0.05) is 24.5 Å². The minimum absolute atomic E-state index is 0.293. The van der Waals surface area contributed by atoms with Gasteiger partial charge in [-0.25, -0.2) is 0 Å². The molecular formula is C17H28N4O2. The van der Waals surface area contributed by atoms with Crippen LogP contribution in [0.3, 0.4) is 0 Å². The summed E-state index contributed by atoms with van der Waals surface area (Å²) in [5.74, 6) is 2.14. The van der Waals surface area contributed by atoms with Gasteiger partial charge in [-0.2, -0.15) is 0 Å². The van der Waals surface area contributed by atoms with E-state index in [1.807, 2.05) is 0 Å². The normalized spacial score (nSPS) is 30.1. The van der Waals surface area contributed by atoms with Gasteiger partial charge in [0.25, 0.3) is 0 Å². The summed E-state index contributed by atoms with van der Waals surface area (Å²) in [6.07, 6.45) is 8.52. The van der Waals surface area contributed by atoms with Crippen LogP contribution in [0.4, 0.5) is 0 Å². The summed E-state index contributed by atoms with van der Waals surface area (Å²) in [7, 11) is 0. The molecule has 3 fully saturated rings. The Hall–Kier alpha value is -0.980. The number of nitrogens with zero attached hydrogens (tertiary/aromatic N) is 4. The van der Waals surface area contributed by atoms with E-state index in [9.17, 15) is 5.11 Å². The number of hydrogen-bond acceptors (Lipinski definition) is 6. The second-order valence-corrected chi connectivity index (χ2v) is 7.40. The molecule has 0 bridgehead atoms. The Labute approximate surface area is 137 Å². The first kappa shape index (κ1) is 15.5. The van der Waals surface area contributed by atoms with E-state index < -0.39 is 0 Å². The van der Waals surface area contributed by atoms with Gasteiger partial charge in [0.05, 0.1) is 13.2 Å². The molecule has 4 rings (SSSR count). The molecule has 3 aliphatic rings. The van der Waals surface area contributed by atoms with E-state index in [-0.39, 0.29) is 0 Å². The summed E-state index contributed by atoms with van der Waals surface area (Å²) in [6.45, 7) is 4.38. The van der Waals surface area contributed by atoms with Crippen molar-refractivity contribution in [2.75, 3.05) is 26.2 Å². The SMILES string of the molecule is OCC1CCCN1CC1CCCN1Cc1nnc(C2CCC2)o1. The van der Waals surface area contributed by atoms with Crippen molar-refractivity contribution in [3.63, 3.8) is 0 Å². The lowest BCUT2D eigenvalue weighted by molar-refractivity contribution is 0.115. The molecule has 6 heteroatoms. The van der Waals surface area contributed by atoms with Gasteiger partial charge in [-0.05, 0) is 51.6 Å². The van der Waals surface area contributed by atoms with Crippen LogP contribution in [0.1, 0.15) is 62.6 Å². The maximum absolute atomic E-state index is 9.51. The van der Waals surface area contributed by atoms with Crippen LogP contribution in [0.25, 0.3) is 0 Å². The average Bonchev–Trinajstić information content (AvgIpc) is 3.21. The summed E-state index contributed by atoms with van der Waals surface area (Å²) in [5.41, 5.74) is 0. The van der Waals surface area contributed by atoms with Gasteiger partial charge < -0.3 is 9.52 Å². The second kappa shape index (κ2) is 6.87. The number of rotatable bonds is 6. The van der Waals surface area contributed by atoms with Crippen molar-refractivity contribution in [2.45, 2.75) is 69.5 Å². The Morgan fingerprint density at radius 2 is 1.74 bits per heavy atom. The number of aliphatic hydroxyl groups is 1. The molecule has 1 aromatic heterocycles. The highest BCUT2D eigenvalue weighted by molar-refractivity contribution is 4.97. The molecule has 2 aliphatic heterocycles. The van der Waals surface area contributed by atoms with Crippen LogP contribution >= 0.6 is 0 Å². The third-order valence-electron chi connectivity index (χ3n) is 5.93. The maximum Gasteiger partial charge on any atom is 0.230 e. The first-order valence-corrected chi connectivity index (χ1v) is 9.24. The summed E-state index contributed by atoms with van der Waals surface area (Å²) in [6, 6.07) is 0.923. The zero-order valence-corrected chi connectivity index (χ0v) is 13.9. The highest BCUT2D eigenvalue weighted by Crippen LogP contribution is 2.35. The van der Waals surface area contributed by atoms with Crippen LogP contribution in [-0.4, -0.2) is 63.4 Å². The van der Waals surface area contributed by atoms with E-state index in [0.29, 0.717) is 24.6 Å². The van der Waals surface area contributed by atoms with Crippen LogP contribution in [0.15, 0.2) is 4.42 Å². The van der Waals surface area contributed by atoms with Crippen molar-refractivity contribution in [3.05, 3.63) is 11.8 Å². The Morgan fingerprint density at radius 1 is 0.957 bits per heavy atom. The molecule has 0 spiro atoms. The van der Waals surface area contributed by atoms with Crippen LogP contribution in [-0.2, 0) is 6.54 Å². The van der Waals surface area contributed by atoms with E-state index in [1.54, 1.807) is 0 Å². The van der Waals surface area contributed by atoms with Crippen molar-refractivity contribution >= 4 is 0 Å². The summed E-state index contributed by atoms with van der Waals surface area (Å²) in [5, 5.41) is 18.0. The molecule has 6 nitrogen and oxygen atoms in total. The van der Waals surface area contributed by atoms with Crippen LogP contribution in [0.5, 0.6) is 0 Å². The molecule has 1 aromatic rings. The van der Waals surface area contributed by atoms with Gasteiger partial charge in [0.15, 0.2) is 0 Å². The molecule has 1 N–H and O–H groups in total. The third-order valence-corrected chi connectivity index (χ3v) is 5.93. The van der Waals surface area contributed by atoms with Gasteiger partial charge in [-0.1, -0.05) is 6.42 Å². The van der Waals surface area contributed by atoms with Crippen molar-refractivity contribution in [3.8, 4) is 0 Å². The Morgan fingerprint density at radius 3 is 2.48 bits per heavy atom. The number of hydrogen-bond donors (Lipinski definition) is 1. The van der Waals surface area contributed by atoms with Gasteiger partial charge in [-0.15, -0.1) is 10.2 Å². The van der Waals surface area contributed by atoms with Gasteiger partial charge in [0.2, 0.25) is 11.8 Å². The molecule has 2 unspecified atom stereocenters. The second-order valence-electron chi connectivity index (χ2n) is 7.40. The van der Waals surface area contributed by atoms with Crippen molar-refractivity contribution in [1.29, 1.82) is 0 Å². The van der Waals surface area contributed by atoms with Gasteiger partial charge >= 0.3 is 0 Å². The molecule has 0 aromatic carbocycles. The van der Waals surface area contributed by atoms with Gasteiger partial charge in [0.1, 0.15) is 0 Å². The third kappa shape index (κ3) is 3.30. The Bertz CT molecular complexity index is 516. The first-order chi connectivity index (χ1) is 11.3. The van der Waals surface area contributed by atoms with Crippen LogP contribution < -0.4 is 0 Å². The predicted octanol–water partition coefficient (Wildman–Crippen LogP) is 1.76. The van der Waals surface area contributed by atoms with E-state index in [0.717, 1.165) is 44.4 Å². The number of likely N-dealkylation sites (tertiary alicyclic amines) is 2. The topological polar surface area (TPSA) is 65.6 Å². The number of aliphatic hydroxyl groups excluding tert-OH is 1. The van der Waals surface area contributed by atoms with Crippen molar-refractivity contribution in [1.82, 2.24) is 20.0 Å². The number of aromatic nitrogens is 2. The highest BCUT2D eigenvalue weighted by atomic mass is 16.4. The lowest BCUT2D eigenvalue weighted by Gasteiger charge is -2.30. The van der Waals surface area contributed by atoms with Gasteiger partial charge in [-0.3, -0.25) is 9.80 Å². The minimum atomic E-state index is 0.293. The molecule has 2 saturated heterocycles. The molecule has 23 heavy (non-hydrogen) atoms. The predicted molar refractivity (Wildman–Crippen MR) is 86.0 cm³/mol. The monoisotopic (exact) mass is 320 g/mol. The van der Waals surface area contributed by atoms with Crippen molar-refractivity contribution < 1.29 is 9.52 Å². The standard InChI is InChI=1S/C17H28N4O2/c22-12-15-7-3-8-20(15)10-14-6-2-9-21(14)11-16-18-19-17(23-16)13-4-1-5-13/h13-15,22H,1-12H2. The molecule has 1 saturated carbocycles. The fourth-order valence-electron chi connectivity index (χ4n) is 4.25. The quantitative estimate of drug-likeness (QED) is 0.861. The summed E-state index contributed by atoms with van der Waals surface area (Å²) in [4.78, 5) is 4.96. The highest BCUT2D eigenvalue weighted by Gasteiger charge is 2.32. The molecule has 128 valence electrons. The largest absolute Gasteiger partial charge is 0.424 e. The van der Waals surface area contributed by atoms with E-state index in [1.165, 1.54) is 38.5 Å². The Kier molecular flexibility index (Phi) is 4.64. The zero-order chi connectivity index (χ0) is 15.6. The summed E-state index contributed by atoms with van der Waals surface area (Å²) >= 11 is 0. The fourth-order valence-corrected chi connectivity index (χ4v) is 4.25. The molecule has 3 heterocycles. The maximum atomic E-state index is 9.51. The Balaban J connectivity index is 1.35. The molecule has 1 aliphatic carbocycles. The fraction of sp³-hybridized carbons (Fsp3) is 0.882. The average molecular weight is 320 g/mol. The van der Waals surface area contributed by atoms with E-state index in [4.69, 9.17) is 4.42 Å². The smallest absolute Gasteiger partial charge is 0.230 e.